The van der Waals surface area contributed by atoms with E-state index in [2.05, 4.69) is 16.0 Å². The lowest BCUT2D eigenvalue weighted by atomic mass is 9.79. The molecule has 2 rings (SSSR count). The van der Waals surface area contributed by atoms with Crippen LogP contribution < -0.4 is 16.0 Å². The summed E-state index contributed by atoms with van der Waals surface area (Å²) in [5.41, 5.74) is 0.0672. The monoisotopic (exact) mass is 271 g/mol. The minimum absolute atomic E-state index is 0.0128. The second-order valence-corrected chi connectivity index (χ2v) is 5.46. The predicted molar refractivity (Wildman–Crippen MR) is 72.0 cm³/mol. The van der Waals surface area contributed by atoms with Gasteiger partial charge in [0.05, 0.1) is 13.2 Å². The number of nitrogens with one attached hydrogen (secondary N) is 3. The molecule has 2 aliphatic rings. The highest BCUT2D eigenvalue weighted by Crippen LogP contribution is 2.28. The number of morpholine rings is 1. The van der Waals surface area contributed by atoms with Crippen molar-refractivity contribution in [2.45, 2.75) is 18.9 Å². The molecule has 6 heteroatoms. The molecule has 6 nitrogen and oxygen atoms in total. The molecule has 0 unspecified atom stereocenters. The number of hydrogen-bond donors (Lipinski definition) is 3. The Labute approximate surface area is 114 Å². The van der Waals surface area contributed by atoms with E-state index in [0.717, 1.165) is 32.5 Å². The first kappa shape index (κ1) is 14.7. The van der Waals surface area contributed by atoms with Crippen LogP contribution in [0.4, 0.5) is 0 Å². The molecule has 2 fully saturated rings. The summed E-state index contributed by atoms with van der Waals surface area (Å²) < 4.78 is 10.8. The van der Waals surface area contributed by atoms with Gasteiger partial charge in [0.15, 0.2) is 0 Å². The molecule has 2 heterocycles. The molecule has 19 heavy (non-hydrogen) atoms. The Bertz CT molecular complexity index is 281. The number of hydrogen-bond acceptors (Lipinski definition) is 5. The van der Waals surface area contributed by atoms with Crippen LogP contribution in [0.5, 0.6) is 0 Å². The average Bonchev–Trinajstić information content (AvgIpc) is 2.47. The van der Waals surface area contributed by atoms with Crippen molar-refractivity contribution in [2.24, 2.45) is 5.41 Å². The van der Waals surface area contributed by atoms with Crippen molar-refractivity contribution < 1.29 is 14.3 Å². The van der Waals surface area contributed by atoms with Crippen molar-refractivity contribution in [1.29, 1.82) is 0 Å². The minimum Gasteiger partial charge on any atom is -0.384 e. The lowest BCUT2D eigenvalue weighted by molar-refractivity contribution is -0.135. The molecule has 0 aromatic rings. The number of carbonyl (C=O) groups excluding carboxylic acids is 1. The van der Waals surface area contributed by atoms with Gasteiger partial charge >= 0.3 is 0 Å². The Morgan fingerprint density at radius 3 is 2.79 bits per heavy atom. The van der Waals surface area contributed by atoms with Crippen LogP contribution >= 0.6 is 0 Å². The first-order valence-electron chi connectivity index (χ1n) is 7.05. The first-order chi connectivity index (χ1) is 9.26. The zero-order valence-electron chi connectivity index (χ0n) is 11.7. The van der Waals surface area contributed by atoms with Gasteiger partial charge in [0.1, 0.15) is 6.10 Å². The highest BCUT2D eigenvalue weighted by atomic mass is 16.5. The van der Waals surface area contributed by atoms with Crippen molar-refractivity contribution >= 4 is 5.91 Å². The van der Waals surface area contributed by atoms with Gasteiger partial charge in [-0.2, -0.15) is 0 Å². The smallest absolute Gasteiger partial charge is 0.250 e. The number of amides is 1. The van der Waals surface area contributed by atoms with Crippen molar-refractivity contribution in [2.75, 3.05) is 53.0 Å². The fourth-order valence-electron chi connectivity index (χ4n) is 2.76. The normalized spacial score (nSPS) is 26.9. The Morgan fingerprint density at radius 1 is 1.37 bits per heavy atom. The Kier molecular flexibility index (Phi) is 5.57. The zero-order chi connectivity index (χ0) is 13.6. The van der Waals surface area contributed by atoms with Gasteiger partial charge in [0.25, 0.3) is 0 Å². The second-order valence-electron chi connectivity index (χ2n) is 5.46. The molecular weight excluding hydrogens is 246 g/mol. The molecule has 0 radical (unpaired) electrons. The van der Waals surface area contributed by atoms with Gasteiger partial charge in [-0.3, -0.25) is 4.79 Å². The van der Waals surface area contributed by atoms with Crippen molar-refractivity contribution in [3.8, 4) is 0 Å². The van der Waals surface area contributed by atoms with E-state index in [1.165, 1.54) is 0 Å². The molecule has 1 amide bonds. The van der Waals surface area contributed by atoms with E-state index in [1.54, 1.807) is 7.11 Å². The molecule has 2 aliphatic heterocycles. The fourth-order valence-corrected chi connectivity index (χ4v) is 2.76. The van der Waals surface area contributed by atoms with E-state index in [1.807, 2.05) is 0 Å². The maximum atomic E-state index is 12.1. The molecule has 0 aromatic carbocycles. The molecule has 2 saturated heterocycles. The fraction of sp³-hybridized carbons (Fsp3) is 0.923. The summed E-state index contributed by atoms with van der Waals surface area (Å²) in [6.07, 6.45) is 1.71. The van der Waals surface area contributed by atoms with Crippen LogP contribution in [0, 0.1) is 5.41 Å². The Morgan fingerprint density at radius 2 is 2.16 bits per heavy atom. The van der Waals surface area contributed by atoms with E-state index in [4.69, 9.17) is 9.47 Å². The number of methoxy groups -OCH3 is 1. The van der Waals surface area contributed by atoms with Crippen LogP contribution in [0.2, 0.25) is 0 Å². The average molecular weight is 271 g/mol. The summed E-state index contributed by atoms with van der Waals surface area (Å²) >= 11 is 0. The number of carbonyl (C=O) groups is 1. The number of rotatable bonds is 5. The Hall–Kier alpha value is -0.690. The van der Waals surface area contributed by atoms with Crippen molar-refractivity contribution in [3.63, 3.8) is 0 Å². The van der Waals surface area contributed by atoms with Crippen LogP contribution in [0.25, 0.3) is 0 Å². The number of piperidine rings is 1. The van der Waals surface area contributed by atoms with Crippen LogP contribution in [0.1, 0.15) is 12.8 Å². The summed E-state index contributed by atoms with van der Waals surface area (Å²) in [5, 5.41) is 9.55. The largest absolute Gasteiger partial charge is 0.384 e. The molecule has 0 aromatic heterocycles. The molecule has 0 bridgehead atoms. The molecule has 0 aliphatic carbocycles. The standard InChI is InChI=1S/C13H25N3O3/c1-18-10-13(2-4-14-5-3-13)9-16-12(17)11-8-15-6-7-19-11/h11,14-15H,2-10H2,1H3,(H,16,17)/t11-/m1/s1. The molecule has 110 valence electrons. The SMILES string of the molecule is COCC1(CNC(=O)[C@H]2CNCCO2)CCNCC1. The number of ether oxygens (including phenoxy) is 2. The van der Waals surface area contributed by atoms with E-state index in [0.29, 0.717) is 26.3 Å². The van der Waals surface area contributed by atoms with Crippen LogP contribution in [0.3, 0.4) is 0 Å². The van der Waals surface area contributed by atoms with Gasteiger partial charge in [-0.15, -0.1) is 0 Å². The van der Waals surface area contributed by atoms with Crippen LogP contribution in [-0.2, 0) is 14.3 Å². The molecule has 1 atom stereocenters. The highest BCUT2D eigenvalue weighted by Gasteiger charge is 2.33. The molecule has 0 spiro atoms. The van der Waals surface area contributed by atoms with Gasteiger partial charge in [-0.1, -0.05) is 0 Å². The molecular formula is C13H25N3O3. The van der Waals surface area contributed by atoms with E-state index in [9.17, 15) is 4.79 Å². The predicted octanol–water partition coefficient (Wildman–Crippen LogP) is -0.893. The lowest BCUT2D eigenvalue weighted by Crippen LogP contribution is -2.52. The quantitative estimate of drug-likeness (QED) is 0.605. The summed E-state index contributed by atoms with van der Waals surface area (Å²) in [7, 11) is 1.72. The van der Waals surface area contributed by atoms with Gasteiger partial charge in [0, 0.05) is 32.2 Å². The van der Waals surface area contributed by atoms with Gasteiger partial charge in [0.2, 0.25) is 5.91 Å². The van der Waals surface area contributed by atoms with E-state index in [-0.39, 0.29) is 17.4 Å². The topological polar surface area (TPSA) is 71.6 Å². The maximum absolute atomic E-state index is 12.1. The zero-order valence-corrected chi connectivity index (χ0v) is 11.7. The Balaban J connectivity index is 1.82. The first-order valence-corrected chi connectivity index (χ1v) is 7.05. The van der Waals surface area contributed by atoms with Gasteiger partial charge < -0.3 is 25.4 Å². The summed E-state index contributed by atoms with van der Waals surface area (Å²) in [4.78, 5) is 12.1. The third-order valence-electron chi connectivity index (χ3n) is 3.97. The summed E-state index contributed by atoms with van der Waals surface area (Å²) in [6, 6.07) is 0. The van der Waals surface area contributed by atoms with Crippen molar-refractivity contribution in [1.82, 2.24) is 16.0 Å². The van der Waals surface area contributed by atoms with Crippen molar-refractivity contribution in [3.05, 3.63) is 0 Å². The second kappa shape index (κ2) is 7.19. The highest BCUT2D eigenvalue weighted by molar-refractivity contribution is 5.81. The minimum atomic E-state index is -0.352. The van der Waals surface area contributed by atoms with E-state index < -0.39 is 0 Å². The summed E-state index contributed by atoms with van der Waals surface area (Å²) in [6.45, 7) is 5.36. The van der Waals surface area contributed by atoms with E-state index >= 15 is 0 Å². The van der Waals surface area contributed by atoms with Crippen LogP contribution in [0.15, 0.2) is 0 Å². The maximum Gasteiger partial charge on any atom is 0.250 e. The van der Waals surface area contributed by atoms with Crippen LogP contribution in [-0.4, -0.2) is 65.1 Å². The third kappa shape index (κ3) is 4.14. The molecule has 3 N–H and O–H groups in total. The van der Waals surface area contributed by atoms with Gasteiger partial charge in [-0.25, -0.2) is 0 Å². The third-order valence-corrected chi connectivity index (χ3v) is 3.97. The lowest BCUT2D eigenvalue weighted by Gasteiger charge is -2.37. The van der Waals surface area contributed by atoms with Gasteiger partial charge in [-0.05, 0) is 25.9 Å². The summed E-state index contributed by atoms with van der Waals surface area (Å²) in [5.74, 6) is -0.0128. The molecule has 0 saturated carbocycles.